The van der Waals surface area contributed by atoms with Crippen LogP contribution in [0.4, 0.5) is 5.69 Å². The molecule has 0 aliphatic rings. The van der Waals surface area contributed by atoms with Crippen molar-refractivity contribution in [2.24, 2.45) is 0 Å². The van der Waals surface area contributed by atoms with Gasteiger partial charge >= 0.3 is 0 Å². The predicted octanol–water partition coefficient (Wildman–Crippen LogP) is 3.98. The maximum atomic E-state index is 12.2. The van der Waals surface area contributed by atoms with E-state index in [0.29, 0.717) is 22.0 Å². The number of aromatic nitrogens is 2. The molecule has 0 radical (unpaired) electrons. The first-order valence-corrected chi connectivity index (χ1v) is 8.06. The van der Waals surface area contributed by atoms with E-state index in [1.54, 1.807) is 18.2 Å². The van der Waals surface area contributed by atoms with Gasteiger partial charge in [-0.3, -0.25) is 4.79 Å². The van der Waals surface area contributed by atoms with E-state index in [0.717, 1.165) is 28.4 Å². The second-order valence-electron chi connectivity index (χ2n) is 5.14. The third-order valence-electron chi connectivity index (χ3n) is 3.40. The Kier molecular flexibility index (Phi) is 4.45. The standard InChI is InChI=1S/C16H14ClN3O2S/c1-9-3-5-12-16(20-23-19-12)15(9)18-14(21)8-22-13-6-4-11(17)7-10(13)2/h3-7H,8H2,1-2H3,(H,18,21). The largest absolute Gasteiger partial charge is 0.483 e. The highest BCUT2D eigenvalue weighted by atomic mass is 35.5. The van der Waals surface area contributed by atoms with E-state index in [4.69, 9.17) is 16.3 Å². The number of ether oxygens (including phenoxy) is 1. The number of nitrogens with zero attached hydrogens (tertiary/aromatic N) is 2. The van der Waals surface area contributed by atoms with Crippen molar-refractivity contribution in [2.75, 3.05) is 11.9 Å². The van der Waals surface area contributed by atoms with Crippen LogP contribution in [0.25, 0.3) is 11.0 Å². The smallest absolute Gasteiger partial charge is 0.262 e. The third kappa shape index (κ3) is 3.43. The van der Waals surface area contributed by atoms with E-state index in [9.17, 15) is 4.79 Å². The zero-order valence-electron chi connectivity index (χ0n) is 12.6. The van der Waals surface area contributed by atoms with Crippen LogP contribution in [-0.2, 0) is 4.79 Å². The maximum Gasteiger partial charge on any atom is 0.262 e. The summed E-state index contributed by atoms with van der Waals surface area (Å²) in [6, 6.07) is 9.07. The third-order valence-corrected chi connectivity index (χ3v) is 4.17. The molecule has 0 saturated heterocycles. The zero-order valence-corrected chi connectivity index (χ0v) is 14.2. The number of fused-ring (bicyclic) bond motifs is 1. The SMILES string of the molecule is Cc1cc(Cl)ccc1OCC(=O)Nc1c(C)ccc2nsnc12. The molecule has 5 nitrogen and oxygen atoms in total. The van der Waals surface area contributed by atoms with Crippen LogP contribution in [0, 0.1) is 13.8 Å². The fraction of sp³-hybridized carbons (Fsp3) is 0.188. The normalized spacial score (nSPS) is 10.7. The Morgan fingerprint density at radius 1 is 1.22 bits per heavy atom. The number of benzene rings is 2. The topological polar surface area (TPSA) is 64.1 Å². The molecule has 0 unspecified atom stereocenters. The van der Waals surface area contributed by atoms with Crippen molar-refractivity contribution in [2.45, 2.75) is 13.8 Å². The van der Waals surface area contributed by atoms with Crippen LogP contribution in [0.3, 0.4) is 0 Å². The average molecular weight is 348 g/mol. The van der Waals surface area contributed by atoms with Gasteiger partial charge in [0.05, 0.1) is 17.4 Å². The number of rotatable bonds is 4. The fourth-order valence-electron chi connectivity index (χ4n) is 2.20. The van der Waals surface area contributed by atoms with Gasteiger partial charge in [0.2, 0.25) is 0 Å². The quantitative estimate of drug-likeness (QED) is 0.775. The lowest BCUT2D eigenvalue weighted by Gasteiger charge is -2.11. The second-order valence-corrected chi connectivity index (χ2v) is 6.10. The van der Waals surface area contributed by atoms with Gasteiger partial charge in [-0.15, -0.1) is 0 Å². The molecule has 3 rings (SSSR count). The van der Waals surface area contributed by atoms with E-state index in [2.05, 4.69) is 14.1 Å². The van der Waals surface area contributed by atoms with E-state index >= 15 is 0 Å². The summed E-state index contributed by atoms with van der Waals surface area (Å²) in [4.78, 5) is 12.2. The zero-order chi connectivity index (χ0) is 16.4. The molecule has 2 aromatic carbocycles. The molecule has 0 saturated carbocycles. The first-order valence-electron chi connectivity index (χ1n) is 6.95. The predicted molar refractivity (Wildman–Crippen MR) is 92.5 cm³/mol. The molecule has 0 spiro atoms. The minimum Gasteiger partial charge on any atom is -0.483 e. The van der Waals surface area contributed by atoms with Crippen molar-refractivity contribution in [3.63, 3.8) is 0 Å². The lowest BCUT2D eigenvalue weighted by Crippen LogP contribution is -2.21. The van der Waals surface area contributed by atoms with Gasteiger partial charge in [-0.05, 0) is 49.2 Å². The van der Waals surface area contributed by atoms with Crippen LogP contribution < -0.4 is 10.1 Å². The molecule has 1 aromatic heterocycles. The molecule has 0 aliphatic carbocycles. The molecule has 0 fully saturated rings. The van der Waals surface area contributed by atoms with Crippen molar-refractivity contribution in [1.29, 1.82) is 0 Å². The minimum absolute atomic E-state index is 0.0874. The van der Waals surface area contributed by atoms with Crippen LogP contribution in [0.15, 0.2) is 30.3 Å². The van der Waals surface area contributed by atoms with Crippen LogP contribution >= 0.6 is 23.3 Å². The van der Waals surface area contributed by atoms with Gasteiger partial charge in [0.15, 0.2) is 6.61 Å². The van der Waals surface area contributed by atoms with E-state index in [1.807, 2.05) is 26.0 Å². The van der Waals surface area contributed by atoms with Crippen molar-refractivity contribution in [1.82, 2.24) is 8.75 Å². The molecule has 23 heavy (non-hydrogen) atoms. The number of carbonyl (C=O) groups excluding carboxylic acids is 1. The molecule has 0 bridgehead atoms. The number of nitrogens with one attached hydrogen (secondary N) is 1. The lowest BCUT2D eigenvalue weighted by atomic mass is 10.1. The highest BCUT2D eigenvalue weighted by Gasteiger charge is 2.12. The van der Waals surface area contributed by atoms with Crippen LogP contribution in [0.5, 0.6) is 5.75 Å². The molecule has 118 valence electrons. The minimum atomic E-state index is -0.247. The fourth-order valence-corrected chi connectivity index (χ4v) is 2.97. The molecule has 1 amide bonds. The molecule has 1 N–H and O–H groups in total. The summed E-state index contributed by atoms with van der Waals surface area (Å²) in [6.45, 7) is 3.71. The number of aryl methyl sites for hydroxylation is 2. The Morgan fingerprint density at radius 2 is 2.04 bits per heavy atom. The number of amides is 1. The number of carbonyl (C=O) groups is 1. The number of anilines is 1. The second kappa shape index (κ2) is 6.52. The molecule has 0 aliphatic heterocycles. The summed E-state index contributed by atoms with van der Waals surface area (Å²) in [5, 5.41) is 3.49. The Bertz CT molecular complexity index is 879. The van der Waals surface area contributed by atoms with Crippen molar-refractivity contribution in [3.05, 3.63) is 46.5 Å². The van der Waals surface area contributed by atoms with Gasteiger partial charge in [-0.1, -0.05) is 17.7 Å². The van der Waals surface area contributed by atoms with Crippen molar-refractivity contribution >= 4 is 46.0 Å². The monoisotopic (exact) mass is 347 g/mol. The van der Waals surface area contributed by atoms with Gasteiger partial charge < -0.3 is 10.1 Å². The van der Waals surface area contributed by atoms with Crippen LogP contribution in [0.1, 0.15) is 11.1 Å². The molecule has 1 heterocycles. The summed E-state index contributed by atoms with van der Waals surface area (Å²) in [5.41, 5.74) is 3.96. The Morgan fingerprint density at radius 3 is 2.83 bits per heavy atom. The van der Waals surface area contributed by atoms with E-state index in [1.165, 1.54) is 0 Å². The number of hydrogen-bond donors (Lipinski definition) is 1. The molecule has 3 aromatic rings. The molecular weight excluding hydrogens is 334 g/mol. The molecule has 7 heteroatoms. The van der Waals surface area contributed by atoms with E-state index < -0.39 is 0 Å². The molecular formula is C16H14ClN3O2S. The average Bonchev–Trinajstić information content (AvgIpc) is 2.98. The van der Waals surface area contributed by atoms with Gasteiger partial charge in [0.1, 0.15) is 16.8 Å². The highest BCUT2D eigenvalue weighted by Crippen LogP contribution is 2.26. The van der Waals surface area contributed by atoms with Gasteiger partial charge in [-0.2, -0.15) is 8.75 Å². The Hall–Kier alpha value is -2.18. The number of halogens is 1. The Labute approximate surface area is 142 Å². The molecule has 0 atom stereocenters. The van der Waals surface area contributed by atoms with Gasteiger partial charge in [0, 0.05) is 5.02 Å². The van der Waals surface area contributed by atoms with Gasteiger partial charge in [0.25, 0.3) is 5.91 Å². The summed E-state index contributed by atoms with van der Waals surface area (Å²) in [6.07, 6.45) is 0. The van der Waals surface area contributed by atoms with Crippen molar-refractivity contribution < 1.29 is 9.53 Å². The first-order chi connectivity index (χ1) is 11.0. The number of hydrogen-bond acceptors (Lipinski definition) is 5. The lowest BCUT2D eigenvalue weighted by molar-refractivity contribution is -0.118. The summed E-state index contributed by atoms with van der Waals surface area (Å²) < 4.78 is 14.0. The maximum absolute atomic E-state index is 12.2. The Balaban J connectivity index is 1.71. The summed E-state index contributed by atoms with van der Waals surface area (Å²) >= 11 is 7.02. The summed E-state index contributed by atoms with van der Waals surface area (Å²) in [7, 11) is 0. The first kappa shape index (κ1) is 15.7. The van der Waals surface area contributed by atoms with Gasteiger partial charge in [-0.25, -0.2) is 0 Å². The van der Waals surface area contributed by atoms with Crippen LogP contribution in [0.2, 0.25) is 5.02 Å². The summed E-state index contributed by atoms with van der Waals surface area (Å²) in [5.74, 6) is 0.387. The van der Waals surface area contributed by atoms with E-state index in [-0.39, 0.29) is 12.5 Å². The van der Waals surface area contributed by atoms with Crippen molar-refractivity contribution in [3.8, 4) is 5.75 Å². The highest BCUT2D eigenvalue weighted by molar-refractivity contribution is 7.00. The van der Waals surface area contributed by atoms with Crippen LogP contribution in [-0.4, -0.2) is 21.3 Å².